The largest absolute Gasteiger partial charge is 0.338 e. The van der Waals surface area contributed by atoms with Gasteiger partial charge in [0, 0.05) is 0 Å². The molecule has 0 amide bonds. The van der Waals surface area contributed by atoms with Crippen LogP contribution in [-0.4, -0.2) is 9.79 Å². The highest BCUT2D eigenvalue weighted by Gasteiger charge is 2.16. The monoisotopic (exact) mass is 366 g/mol. The third-order valence-electron chi connectivity index (χ3n) is 3.79. The minimum absolute atomic E-state index is 0.192. The maximum atomic E-state index is 7.44. The predicted octanol–water partition coefficient (Wildman–Crippen LogP) is 6.39. The second-order valence-electron chi connectivity index (χ2n) is 7.90. The molecule has 0 saturated carbocycles. The number of hydrogen-bond donors (Lipinski definition) is 2. The molecule has 2 rings (SSSR count). The Bertz CT molecular complexity index is 597. The molecular weight excluding hydrogens is 339 g/mol. The van der Waals surface area contributed by atoms with Gasteiger partial charge in [-0.3, -0.25) is 0 Å². The molecule has 0 spiro atoms. The van der Waals surface area contributed by atoms with Crippen molar-refractivity contribution in [3.05, 3.63) is 59.7 Å². The second-order valence-corrected chi connectivity index (χ2v) is 9.29. The highest BCUT2D eigenvalue weighted by atomic mass is 35.7. The average Bonchev–Trinajstić information content (AvgIpc) is 2.45. The van der Waals surface area contributed by atoms with E-state index in [0.29, 0.717) is 0 Å². The first kappa shape index (κ1) is 21.1. The first-order valence-electron chi connectivity index (χ1n) is 7.96. The lowest BCUT2D eigenvalue weighted by Gasteiger charge is -2.21. The minimum Gasteiger partial charge on any atom is -0.338 e. The van der Waals surface area contributed by atoms with Crippen LogP contribution in [0.25, 0.3) is 11.1 Å². The van der Waals surface area contributed by atoms with Crippen LogP contribution in [0.1, 0.15) is 52.7 Å². The molecule has 0 heterocycles. The zero-order chi connectivity index (χ0) is 18.5. The third-order valence-corrected chi connectivity index (χ3v) is 3.79. The van der Waals surface area contributed by atoms with Gasteiger partial charge in [0.25, 0.3) is 7.73 Å². The quantitative estimate of drug-likeness (QED) is 0.574. The summed E-state index contributed by atoms with van der Waals surface area (Å²) in [6, 6.07) is 17.8. The van der Waals surface area contributed by atoms with Gasteiger partial charge in [0.1, 0.15) is 0 Å². The Hall–Kier alpha value is -0.920. The van der Waals surface area contributed by atoms with E-state index in [9.17, 15) is 0 Å². The second kappa shape index (κ2) is 8.45. The third kappa shape index (κ3) is 6.91. The Morgan fingerprint density at radius 3 is 1.25 bits per heavy atom. The van der Waals surface area contributed by atoms with Crippen molar-refractivity contribution in [3.63, 3.8) is 0 Å². The summed E-state index contributed by atoms with van der Waals surface area (Å²) in [7, 11) is -2.15. The van der Waals surface area contributed by atoms with Crippen molar-refractivity contribution in [2.24, 2.45) is 0 Å². The summed E-state index contributed by atoms with van der Waals surface area (Å²) in [5, 5.41) is 0. The van der Waals surface area contributed by atoms with Gasteiger partial charge >= 0.3 is 0 Å². The number of benzene rings is 2. The van der Waals surface area contributed by atoms with Crippen LogP contribution in [0, 0.1) is 0 Å². The van der Waals surface area contributed by atoms with E-state index in [2.05, 4.69) is 101 Å². The van der Waals surface area contributed by atoms with Crippen molar-refractivity contribution in [2.75, 3.05) is 0 Å². The van der Waals surface area contributed by atoms with E-state index in [1.165, 1.54) is 22.3 Å². The van der Waals surface area contributed by atoms with Gasteiger partial charge in [-0.25, -0.2) is 0 Å². The summed E-state index contributed by atoms with van der Waals surface area (Å²) >= 11 is 4.45. The first-order chi connectivity index (χ1) is 10.9. The number of hydrogen-bond acceptors (Lipinski definition) is 2. The summed E-state index contributed by atoms with van der Waals surface area (Å²) in [4.78, 5) is 14.9. The van der Waals surface area contributed by atoms with Crippen molar-refractivity contribution in [1.82, 2.24) is 0 Å². The first-order valence-corrected chi connectivity index (χ1v) is 10.1. The van der Waals surface area contributed by atoms with Crippen LogP contribution in [0.15, 0.2) is 48.5 Å². The van der Waals surface area contributed by atoms with E-state index in [1.807, 2.05) is 0 Å². The molecule has 0 unspecified atom stereocenters. The Morgan fingerprint density at radius 2 is 1.00 bits per heavy atom. The van der Waals surface area contributed by atoms with E-state index in [0.717, 1.165) is 0 Å². The molecule has 4 heteroatoms. The number of halogens is 1. The molecule has 0 radical (unpaired) electrons. The Balaban J connectivity index is 0.000000648. The maximum Gasteiger partial charge on any atom is 0.271 e. The van der Waals surface area contributed by atoms with Crippen molar-refractivity contribution < 1.29 is 9.79 Å². The zero-order valence-electron chi connectivity index (χ0n) is 15.3. The van der Waals surface area contributed by atoms with Gasteiger partial charge in [0.05, 0.1) is 0 Å². The van der Waals surface area contributed by atoms with E-state index >= 15 is 0 Å². The molecular formula is C20H28ClO2P. The molecule has 2 aromatic rings. The normalized spacial score (nSPS) is 11.9. The molecule has 0 atom stereocenters. The van der Waals surface area contributed by atoms with Gasteiger partial charge in [0.2, 0.25) is 0 Å². The predicted molar refractivity (Wildman–Crippen MR) is 106 cm³/mol. The summed E-state index contributed by atoms with van der Waals surface area (Å²) in [5.41, 5.74) is 5.77. The van der Waals surface area contributed by atoms with E-state index in [-0.39, 0.29) is 10.8 Å². The van der Waals surface area contributed by atoms with Crippen LogP contribution in [0.4, 0.5) is 0 Å². The Labute approximate surface area is 152 Å². The minimum atomic E-state index is -2.15. The standard InChI is InChI=1S/C20H26.ClH2O2P/c1-19(2,3)17-11-7-9-15(13-17)16-10-8-12-18(14-16)20(4,5)6;1-4(2)3/h7-14H,1-6H3;2-3H. The molecule has 0 bridgehead atoms. The van der Waals surface area contributed by atoms with Crippen LogP contribution in [0.5, 0.6) is 0 Å². The number of rotatable bonds is 1. The van der Waals surface area contributed by atoms with E-state index in [1.54, 1.807) is 0 Å². The lowest BCUT2D eigenvalue weighted by atomic mass is 9.83. The van der Waals surface area contributed by atoms with Crippen LogP contribution >= 0.6 is 19.0 Å². The van der Waals surface area contributed by atoms with E-state index in [4.69, 9.17) is 9.79 Å². The summed E-state index contributed by atoms with van der Waals surface area (Å²) < 4.78 is 0. The Kier molecular flexibility index (Phi) is 7.44. The molecule has 2 aromatic carbocycles. The molecule has 0 aromatic heterocycles. The molecule has 0 aliphatic carbocycles. The van der Waals surface area contributed by atoms with Gasteiger partial charge < -0.3 is 9.79 Å². The fourth-order valence-corrected chi connectivity index (χ4v) is 2.33. The molecule has 0 aliphatic rings. The highest BCUT2D eigenvalue weighted by Crippen LogP contribution is 2.30. The topological polar surface area (TPSA) is 40.5 Å². The fourth-order valence-electron chi connectivity index (χ4n) is 2.33. The Morgan fingerprint density at radius 1 is 0.708 bits per heavy atom. The summed E-state index contributed by atoms with van der Waals surface area (Å²) in [6.45, 7) is 13.6. The smallest absolute Gasteiger partial charge is 0.271 e. The molecule has 2 nitrogen and oxygen atoms in total. The van der Waals surface area contributed by atoms with Crippen molar-refractivity contribution in [1.29, 1.82) is 0 Å². The SMILES string of the molecule is CC(C)(C)c1cccc(-c2cccc(C(C)(C)C)c2)c1.OP(O)Cl. The van der Waals surface area contributed by atoms with Gasteiger partial charge in [-0.15, -0.1) is 0 Å². The van der Waals surface area contributed by atoms with Crippen molar-refractivity contribution >= 4 is 19.0 Å². The molecule has 2 N–H and O–H groups in total. The molecule has 0 aliphatic heterocycles. The lowest BCUT2D eigenvalue weighted by molar-refractivity contribution is 0.504. The maximum absolute atomic E-state index is 7.44. The van der Waals surface area contributed by atoms with Crippen LogP contribution < -0.4 is 0 Å². The lowest BCUT2D eigenvalue weighted by Crippen LogP contribution is -2.11. The molecule has 132 valence electrons. The van der Waals surface area contributed by atoms with Crippen LogP contribution in [0.2, 0.25) is 0 Å². The summed E-state index contributed by atoms with van der Waals surface area (Å²) in [6.07, 6.45) is 0. The van der Waals surface area contributed by atoms with Crippen LogP contribution in [-0.2, 0) is 10.8 Å². The molecule has 24 heavy (non-hydrogen) atoms. The zero-order valence-corrected chi connectivity index (χ0v) is 17.0. The summed E-state index contributed by atoms with van der Waals surface area (Å²) in [5.74, 6) is 0. The molecule has 0 fully saturated rings. The van der Waals surface area contributed by atoms with Gasteiger partial charge in [-0.1, -0.05) is 90.1 Å². The van der Waals surface area contributed by atoms with Gasteiger partial charge in [0.15, 0.2) is 0 Å². The average molecular weight is 367 g/mol. The molecule has 0 saturated heterocycles. The van der Waals surface area contributed by atoms with E-state index < -0.39 is 7.73 Å². The van der Waals surface area contributed by atoms with Crippen LogP contribution in [0.3, 0.4) is 0 Å². The van der Waals surface area contributed by atoms with Gasteiger partial charge in [-0.05, 0) is 44.3 Å². The van der Waals surface area contributed by atoms with Gasteiger partial charge in [-0.2, -0.15) is 0 Å². The van der Waals surface area contributed by atoms with Crippen molar-refractivity contribution in [3.8, 4) is 11.1 Å². The fraction of sp³-hybridized carbons (Fsp3) is 0.400. The highest BCUT2D eigenvalue weighted by molar-refractivity contribution is 7.74. The van der Waals surface area contributed by atoms with Crippen molar-refractivity contribution in [2.45, 2.75) is 52.4 Å².